The molecule has 1 atom stereocenters. The van der Waals surface area contributed by atoms with Gasteiger partial charge in [0, 0.05) is 41.0 Å². The van der Waals surface area contributed by atoms with Crippen molar-refractivity contribution in [2.75, 3.05) is 25.1 Å². The first-order valence-corrected chi connectivity index (χ1v) is 8.72. The third kappa shape index (κ3) is 3.20. The standard InChI is InChI=1S/C20H22N4O/c1-13-9-16(7-8-21-13)14(2)19-17-5-3-4-6-18(17)20(24-23-19)22-10-15-11-25-12-15/h3-9,14-15H,10-12H2,1-2H3,(H,22,24). The molecule has 1 aromatic carbocycles. The van der Waals surface area contributed by atoms with Crippen molar-refractivity contribution in [1.29, 1.82) is 0 Å². The summed E-state index contributed by atoms with van der Waals surface area (Å²) in [5.41, 5.74) is 3.22. The summed E-state index contributed by atoms with van der Waals surface area (Å²) in [6.45, 7) is 6.71. The summed E-state index contributed by atoms with van der Waals surface area (Å²) < 4.78 is 5.24. The Morgan fingerprint density at radius 3 is 2.68 bits per heavy atom. The van der Waals surface area contributed by atoms with Gasteiger partial charge in [0.1, 0.15) is 0 Å². The number of aromatic nitrogens is 3. The summed E-state index contributed by atoms with van der Waals surface area (Å²) >= 11 is 0. The molecule has 1 unspecified atom stereocenters. The second-order valence-electron chi connectivity index (χ2n) is 6.72. The van der Waals surface area contributed by atoms with Crippen molar-refractivity contribution in [3.8, 4) is 0 Å². The molecule has 0 spiro atoms. The van der Waals surface area contributed by atoms with Crippen molar-refractivity contribution in [1.82, 2.24) is 15.2 Å². The van der Waals surface area contributed by atoms with Gasteiger partial charge in [0.05, 0.1) is 18.9 Å². The van der Waals surface area contributed by atoms with Crippen LogP contribution in [-0.2, 0) is 4.74 Å². The quantitative estimate of drug-likeness (QED) is 0.773. The van der Waals surface area contributed by atoms with E-state index in [-0.39, 0.29) is 5.92 Å². The molecule has 1 saturated heterocycles. The van der Waals surface area contributed by atoms with E-state index in [0.29, 0.717) is 5.92 Å². The Morgan fingerprint density at radius 2 is 1.96 bits per heavy atom. The molecule has 0 radical (unpaired) electrons. The van der Waals surface area contributed by atoms with E-state index in [4.69, 9.17) is 4.74 Å². The summed E-state index contributed by atoms with van der Waals surface area (Å²) in [5, 5.41) is 14.8. The second kappa shape index (κ2) is 6.76. The van der Waals surface area contributed by atoms with Crippen LogP contribution in [0.15, 0.2) is 42.6 Å². The molecule has 1 aliphatic rings. The van der Waals surface area contributed by atoms with Crippen LogP contribution in [0.25, 0.3) is 10.8 Å². The van der Waals surface area contributed by atoms with Crippen LogP contribution in [0.3, 0.4) is 0 Å². The molecule has 5 nitrogen and oxygen atoms in total. The summed E-state index contributed by atoms with van der Waals surface area (Å²) in [6.07, 6.45) is 1.85. The molecule has 2 aromatic heterocycles. The van der Waals surface area contributed by atoms with Gasteiger partial charge in [-0.1, -0.05) is 31.2 Å². The highest BCUT2D eigenvalue weighted by Crippen LogP contribution is 2.31. The fourth-order valence-corrected chi connectivity index (χ4v) is 3.21. The highest BCUT2D eigenvalue weighted by atomic mass is 16.5. The molecule has 0 aliphatic carbocycles. The summed E-state index contributed by atoms with van der Waals surface area (Å²) in [6, 6.07) is 12.5. The molecule has 1 N–H and O–H groups in total. The normalized spacial score (nSPS) is 15.8. The zero-order valence-corrected chi connectivity index (χ0v) is 14.6. The van der Waals surface area contributed by atoms with Crippen molar-refractivity contribution in [2.24, 2.45) is 5.92 Å². The molecule has 5 heteroatoms. The lowest BCUT2D eigenvalue weighted by Gasteiger charge is -2.26. The topological polar surface area (TPSA) is 59.9 Å². The van der Waals surface area contributed by atoms with Crippen LogP contribution in [0.4, 0.5) is 5.82 Å². The Morgan fingerprint density at radius 1 is 1.16 bits per heavy atom. The molecule has 0 bridgehead atoms. The van der Waals surface area contributed by atoms with Gasteiger partial charge in [-0.2, -0.15) is 5.10 Å². The summed E-state index contributed by atoms with van der Waals surface area (Å²) in [7, 11) is 0. The number of nitrogens with one attached hydrogen (secondary N) is 1. The molecule has 1 aliphatic heterocycles. The molecule has 4 rings (SSSR count). The van der Waals surface area contributed by atoms with E-state index in [0.717, 1.165) is 47.7 Å². The molecule has 128 valence electrons. The van der Waals surface area contributed by atoms with Gasteiger partial charge in [-0.25, -0.2) is 0 Å². The predicted octanol–water partition coefficient (Wildman–Crippen LogP) is 3.54. The Bertz CT molecular complexity index is 892. The average Bonchev–Trinajstić information content (AvgIpc) is 2.60. The molecule has 0 saturated carbocycles. The maximum absolute atomic E-state index is 5.24. The van der Waals surface area contributed by atoms with E-state index in [9.17, 15) is 0 Å². The lowest BCUT2D eigenvalue weighted by Crippen LogP contribution is -2.33. The van der Waals surface area contributed by atoms with Crippen LogP contribution >= 0.6 is 0 Å². The highest BCUT2D eigenvalue weighted by Gasteiger charge is 2.20. The number of fused-ring (bicyclic) bond motifs is 1. The van der Waals surface area contributed by atoms with Gasteiger partial charge in [-0.15, -0.1) is 5.10 Å². The maximum atomic E-state index is 5.24. The molecular weight excluding hydrogens is 312 g/mol. The number of pyridine rings is 1. The van der Waals surface area contributed by atoms with Crippen molar-refractivity contribution < 1.29 is 4.74 Å². The number of rotatable bonds is 5. The average molecular weight is 334 g/mol. The van der Waals surface area contributed by atoms with Crippen molar-refractivity contribution >= 4 is 16.6 Å². The number of anilines is 1. The lowest BCUT2D eigenvalue weighted by molar-refractivity contribution is -0.0248. The Balaban J connectivity index is 1.70. The Labute approximate surface area is 147 Å². The highest BCUT2D eigenvalue weighted by molar-refractivity contribution is 5.93. The first-order valence-electron chi connectivity index (χ1n) is 8.72. The molecule has 1 fully saturated rings. The van der Waals surface area contributed by atoms with Gasteiger partial charge in [-0.05, 0) is 24.6 Å². The van der Waals surface area contributed by atoms with Crippen LogP contribution in [0.2, 0.25) is 0 Å². The monoisotopic (exact) mass is 334 g/mol. The van der Waals surface area contributed by atoms with E-state index in [1.54, 1.807) is 0 Å². The molecular formula is C20H22N4O. The zero-order chi connectivity index (χ0) is 17.2. The van der Waals surface area contributed by atoms with Gasteiger partial charge in [0.25, 0.3) is 0 Å². The van der Waals surface area contributed by atoms with Crippen LogP contribution in [0.1, 0.15) is 29.8 Å². The van der Waals surface area contributed by atoms with Crippen LogP contribution in [-0.4, -0.2) is 34.9 Å². The number of hydrogen-bond donors (Lipinski definition) is 1. The molecule has 3 aromatic rings. The third-order valence-corrected chi connectivity index (χ3v) is 4.81. The van der Waals surface area contributed by atoms with Crippen molar-refractivity contribution in [3.05, 3.63) is 59.5 Å². The van der Waals surface area contributed by atoms with Crippen LogP contribution in [0, 0.1) is 12.8 Å². The number of aryl methyl sites for hydroxylation is 1. The fourth-order valence-electron chi connectivity index (χ4n) is 3.21. The van der Waals surface area contributed by atoms with Gasteiger partial charge in [0.2, 0.25) is 0 Å². The predicted molar refractivity (Wildman–Crippen MR) is 98.8 cm³/mol. The van der Waals surface area contributed by atoms with E-state index in [1.165, 1.54) is 5.56 Å². The van der Waals surface area contributed by atoms with Gasteiger partial charge >= 0.3 is 0 Å². The van der Waals surface area contributed by atoms with E-state index in [2.05, 4.69) is 57.8 Å². The molecule has 25 heavy (non-hydrogen) atoms. The summed E-state index contributed by atoms with van der Waals surface area (Å²) in [4.78, 5) is 4.29. The minimum Gasteiger partial charge on any atom is -0.381 e. The maximum Gasteiger partial charge on any atom is 0.156 e. The summed E-state index contributed by atoms with van der Waals surface area (Å²) in [5.74, 6) is 1.58. The first-order chi connectivity index (χ1) is 12.2. The van der Waals surface area contributed by atoms with Gasteiger partial charge in [0.15, 0.2) is 5.82 Å². The zero-order valence-electron chi connectivity index (χ0n) is 14.6. The fraction of sp³-hybridized carbons (Fsp3) is 0.350. The van der Waals surface area contributed by atoms with Crippen LogP contribution in [0.5, 0.6) is 0 Å². The van der Waals surface area contributed by atoms with E-state index >= 15 is 0 Å². The minimum absolute atomic E-state index is 0.160. The lowest BCUT2D eigenvalue weighted by atomic mass is 9.94. The van der Waals surface area contributed by atoms with E-state index in [1.807, 2.05) is 19.2 Å². The SMILES string of the molecule is Cc1cc(C(C)c2nnc(NCC3COC3)c3ccccc23)ccn1. The number of benzene rings is 1. The number of nitrogens with zero attached hydrogens (tertiary/aromatic N) is 3. The number of hydrogen-bond acceptors (Lipinski definition) is 5. The Hall–Kier alpha value is -2.53. The minimum atomic E-state index is 0.160. The van der Waals surface area contributed by atoms with Crippen molar-refractivity contribution in [3.63, 3.8) is 0 Å². The smallest absolute Gasteiger partial charge is 0.156 e. The van der Waals surface area contributed by atoms with E-state index < -0.39 is 0 Å². The second-order valence-corrected chi connectivity index (χ2v) is 6.72. The van der Waals surface area contributed by atoms with Gasteiger partial charge in [-0.3, -0.25) is 4.98 Å². The molecule has 0 amide bonds. The molecule has 3 heterocycles. The van der Waals surface area contributed by atoms with Crippen LogP contribution < -0.4 is 5.32 Å². The first kappa shape index (κ1) is 16.0. The van der Waals surface area contributed by atoms with Gasteiger partial charge < -0.3 is 10.1 Å². The van der Waals surface area contributed by atoms with Crippen molar-refractivity contribution in [2.45, 2.75) is 19.8 Å². The Kier molecular flexibility index (Phi) is 4.32. The largest absolute Gasteiger partial charge is 0.381 e. The third-order valence-electron chi connectivity index (χ3n) is 4.81. The number of ether oxygens (including phenoxy) is 1.